The molecule has 1 fully saturated rings. The second-order valence-corrected chi connectivity index (χ2v) is 4.84. The van der Waals surface area contributed by atoms with Gasteiger partial charge in [0.1, 0.15) is 6.10 Å². The Balaban J connectivity index is 1.90. The molecule has 0 unspecified atom stereocenters. The Morgan fingerprint density at radius 1 is 1.24 bits per heavy atom. The minimum absolute atomic E-state index is 0.230. The Bertz CT molecular complexity index is 430. The maximum Gasteiger partial charge on any atom is 0.153 e. The lowest BCUT2D eigenvalue weighted by Crippen LogP contribution is -2.42. The fourth-order valence-corrected chi connectivity index (χ4v) is 2.53. The van der Waals surface area contributed by atoms with Crippen LogP contribution in [-0.2, 0) is 4.84 Å². The smallest absolute Gasteiger partial charge is 0.153 e. The molecule has 3 nitrogen and oxygen atoms in total. The number of hydroxylamine groups is 1. The van der Waals surface area contributed by atoms with E-state index in [2.05, 4.69) is 17.1 Å². The van der Waals surface area contributed by atoms with Crippen molar-refractivity contribution in [2.24, 2.45) is 0 Å². The van der Waals surface area contributed by atoms with Crippen LogP contribution in [0.3, 0.4) is 0 Å². The highest BCUT2D eigenvalue weighted by Crippen LogP contribution is 2.28. The van der Waals surface area contributed by atoms with Crippen molar-refractivity contribution in [3.05, 3.63) is 36.0 Å². The monoisotopic (exact) mass is 230 g/mol. The van der Waals surface area contributed by atoms with Gasteiger partial charge in [-0.05, 0) is 31.9 Å². The summed E-state index contributed by atoms with van der Waals surface area (Å²) in [4.78, 5) is 10.6. The van der Waals surface area contributed by atoms with Gasteiger partial charge in [0.25, 0.3) is 0 Å². The van der Waals surface area contributed by atoms with Crippen LogP contribution in [0.2, 0.25) is 0 Å². The number of anilines is 1. The van der Waals surface area contributed by atoms with Gasteiger partial charge in [0, 0.05) is 5.69 Å². The third kappa shape index (κ3) is 2.20. The van der Waals surface area contributed by atoms with Crippen molar-refractivity contribution in [3.63, 3.8) is 0 Å². The number of nitrogens with zero attached hydrogens (tertiary/aromatic N) is 2. The summed E-state index contributed by atoms with van der Waals surface area (Å²) >= 11 is 0. The van der Waals surface area contributed by atoms with Gasteiger partial charge in [-0.3, -0.25) is 4.84 Å². The molecule has 2 bridgehead atoms. The van der Waals surface area contributed by atoms with E-state index in [1.54, 1.807) is 0 Å². The fraction of sp³-hybridized carbons (Fsp3) is 0.500. The van der Waals surface area contributed by atoms with E-state index in [9.17, 15) is 0 Å². The van der Waals surface area contributed by atoms with Gasteiger partial charge >= 0.3 is 0 Å². The highest BCUT2D eigenvalue weighted by atomic mass is 16.7. The first-order valence-electron chi connectivity index (χ1n) is 6.41. The van der Waals surface area contributed by atoms with Crippen LogP contribution >= 0.6 is 0 Å². The van der Waals surface area contributed by atoms with E-state index in [0.717, 1.165) is 24.4 Å². The Hall–Kier alpha value is -1.35. The van der Waals surface area contributed by atoms with Crippen molar-refractivity contribution >= 4 is 5.82 Å². The molecule has 0 N–H and O–H groups in total. The van der Waals surface area contributed by atoms with Crippen molar-refractivity contribution in [1.82, 2.24) is 4.98 Å². The maximum absolute atomic E-state index is 6.02. The molecule has 3 heteroatoms. The van der Waals surface area contributed by atoms with Crippen LogP contribution < -0.4 is 5.06 Å². The van der Waals surface area contributed by atoms with Gasteiger partial charge in [-0.2, -0.15) is 0 Å². The van der Waals surface area contributed by atoms with Crippen molar-refractivity contribution < 1.29 is 4.84 Å². The largest absolute Gasteiger partial charge is 0.264 e. The van der Waals surface area contributed by atoms with Crippen molar-refractivity contribution in [2.45, 2.75) is 44.8 Å². The molecule has 90 valence electrons. The van der Waals surface area contributed by atoms with Crippen LogP contribution in [0.4, 0.5) is 5.82 Å². The van der Waals surface area contributed by atoms with Crippen LogP contribution in [0.15, 0.2) is 30.4 Å². The first kappa shape index (κ1) is 10.8. The highest BCUT2D eigenvalue weighted by molar-refractivity contribution is 5.40. The molecule has 4 rings (SSSR count). The van der Waals surface area contributed by atoms with E-state index >= 15 is 0 Å². The van der Waals surface area contributed by atoms with Gasteiger partial charge in [-0.1, -0.05) is 31.1 Å². The van der Waals surface area contributed by atoms with Gasteiger partial charge in [0.15, 0.2) is 5.82 Å². The molecule has 1 saturated heterocycles. The number of pyridine rings is 1. The number of aryl methyl sites for hydroxylation is 1. The predicted octanol–water partition coefficient (Wildman–Crippen LogP) is 3.01. The van der Waals surface area contributed by atoms with E-state index in [1.165, 1.54) is 12.8 Å². The molecule has 2 aliphatic heterocycles. The van der Waals surface area contributed by atoms with Crippen LogP contribution in [0, 0.1) is 6.92 Å². The molecule has 0 aromatic carbocycles. The number of rotatable bonds is 1. The van der Waals surface area contributed by atoms with Crippen LogP contribution in [0.25, 0.3) is 0 Å². The first-order valence-corrected chi connectivity index (χ1v) is 6.41. The zero-order chi connectivity index (χ0) is 11.7. The van der Waals surface area contributed by atoms with E-state index < -0.39 is 0 Å². The molecule has 0 saturated carbocycles. The summed E-state index contributed by atoms with van der Waals surface area (Å²) in [7, 11) is 0. The molecule has 3 aliphatic rings. The Morgan fingerprint density at radius 2 is 2.12 bits per heavy atom. The van der Waals surface area contributed by atoms with Gasteiger partial charge in [0.2, 0.25) is 0 Å². The van der Waals surface area contributed by atoms with Crippen molar-refractivity contribution in [2.75, 3.05) is 5.06 Å². The standard InChI is InChI=1S/C14H18N2O/c1-11-5-4-8-14(15-11)16-12-6-2-3-7-13(17-16)10-9-12/h4-5,8-10,12-13H,2-3,6-7H2,1H3/t12-,13+/m0/s1. The molecule has 2 atom stereocenters. The normalized spacial score (nSPS) is 27.9. The quantitative estimate of drug-likeness (QED) is 0.693. The molecule has 3 heterocycles. The number of aromatic nitrogens is 1. The summed E-state index contributed by atoms with van der Waals surface area (Å²) in [6.07, 6.45) is 9.52. The highest BCUT2D eigenvalue weighted by Gasteiger charge is 2.28. The molecule has 1 aromatic heterocycles. The lowest BCUT2D eigenvalue weighted by Gasteiger charge is -2.37. The van der Waals surface area contributed by atoms with Crippen molar-refractivity contribution in [3.8, 4) is 0 Å². The number of hydrogen-bond donors (Lipinski definition) is 0. The Morgan fingerprint density at radius 3 is 3.00 bits per heavy atom. The van der Waals surface area contributed by atoms with Gasteiger partial charge in [-0.15, -0.1) is 0 Å². The Kier molecular flexibility index (Phi) is 2.85. The second kappa shape index (κ2) is 4.49. The summed E-state index contributed by atoms with van der Waals surface area (Å²) in [5, 5.41) is 2.00. The molecule has 0 radical (unpaired) electrons. The third-order valence-electron chi connectivity index (χ3n) is 3.44. The van der Waals surface area contributed by atoms with E-state index in [0.29, 0.717) is 6.04 Å². The topological polar surface area (TPSA) is 25.4 Å². The van der Waals surface area contributed by atoms with Gasteiger partial charge in [-0.25, -0.2) is 10.0 Å². The first-order chi connectivity index (χ1) is 8.33. The molecule has 0 spiro atoms. The molecule has 1 aliphatic carbocycles. The summed E-state index contributed by atoms with van der Waals surface area (Å²) in [5.41, 5.74) is 1.04. The Labute approximate surface area is 102 Å². The number of hydrogen-bond acceptors (Lipinski definition) is 3. The molecular formula is C14H18N2O. The summed E-state index contributed by atoms with van der Waals surface area (Å²) in [6, 6.07) is 6.43. The van der Waals surface area contributed by atoms with Crippen molar-refractivity contribution in [1.29, 1.82) is 0 Å². The average molecular weight is 230 g/mol. The fourth-order valence-electron chi connectivity index (χ4n) is 2.53. The second-order valence-electron chi connectivity index (χ2n) is 4.84. The lowest BCUT2D eigenvalue weighted by molar-refractivity contribution is 0.0237. The minimum Gasteiger partial charge on any atom is -0.264 e. The summed E-state index contributed by atoms with van der Waals surface area (Å²) < 4.78 is 0. The molecule has 0 amide bonds. The zero-order valence-corrected chi connectivity index (χ0v) is 10.2. The zero-order valence-electron chi connectivity index (χ0n) is 10.2. The SMILES string of the molecule is Cc1cccc(N2O[C@H]3C=C[C@@H]2CCCC3)n1. The average Bonchev–Trinajstić information content (AvgIpc) is 2.29. The van der Waals surface area contributed by atoms with Gasteiger partial charge < -0.3 is 0 Å². The van der Waals surface area contributed by atoms with E-state index in [1.807, 2.05) is 30.2 Å². The summed E-state index contributed by atoms with van der Waals surface area (Å²) in [5.74, 6) is 0.936. The van der Waals surface area contributed by atoms with E-state index in [4.69, 9.17) is 4.84 Å². The van der Waals surface area contributed by atoms with Crippen LogP contribution in [-0.4, -0.2) is 17.1 Å². The minimum atomic E-state index is 0.230. The van der Waals surface area contributed by atoms with Gasteiger partial charge in [0.05, 0.1) is 6.04 Å². The number of fused-ring (bicyclic) bond motifs is 4. The van der Waals surface area contributed by atoms with Crippen LogP contribution in [0.1, 0.15) is 31.4 Å². The maximum atomic E-state index is 6.02. The lowest BCUT2D eigenvalue weighted by atomic mass is 9.99. The molecular weight excluding hydrogens is 212 g/mol. The summed E-state index contributed by atoms with van der Waals surface area (Å²) in [6.45, 7) is 2.02. The van der Waals surface area contributed by atoms with Crippen LogP contribution in [0.5, 0.6) is 0 Å². The molecule has 17 heavy (non-hydrogen) atoms. The van der Waals surface area contributed by atoms with E-state index in [-0.39, 0.29) is 6.10 Å². The third-order valence-corrected chi connectivity index (χ3v) is 3.44. The predicted molar refractivity (Wildman–Crippen MR) is 67.7 cm³/mol. The molecule has 1 aromatic rings.